The van der Waals surface area contributed by atoms with E-state index in [1.165, 1.54) is 0 Å². The number of aryl methyl sites for hydroxylation is 1. The Morgan fingerprint density at radius 1 is 1.29 bits per heavy atom. The number of halogens is 1. The molecule has 3 nitrogen and oxygen atoms in total. The zero-order valence-electron chi connectivity index (χ0n) is 12.7. The van der Waals surface area contributed by atoms with E-state index in [1.54, 1.807) is 0 Å². The topological polar surface area (TPSA) is 34.1 Å². The van der Waals surface area contributed by atoms with Gasteiger partial charge in [0.1, 0.15) is 12.4 Å². The molecule has 0 fully saturated rings. The molecule has 0 spiro atoms. The standard InChI is InChI=1S/C17H21BrN2O/c1-4-20-13(3)16-8-15(18)5-6-17(16)21-11-14-7-12(2)9-19-10-14/h5-10,13,20H,4,11H2,1-3H3. The Morgan fingerprint density at radius 3 is 2.81 bits per heavy atom. The summed E-state index contributed by atoms with van der Waals surface area (Å²) < 4.78 is 7.06. The lowest BCUT2D eigenvalue weighted by Gasteiger charge is -2.18. The summed E-state index contributed by atoms with van der Waals surface area (Å²) in [5.41, 5.74) is 3.39. The van der Waals surface area contributed by atoms with E-state index >= 15 is 0 Å². The van der Waals surface area contributed by atoms with Crippen molar-refractivity contribution in [2.45, 2.75) is 33.4 Å². The molecule has 0 aliphatic heterocycles. The largest absolute Gasteiger partial charge is 0.489 e. The summed E-state index contributed by atoms with van der Waals surface area (Å²) in [4.78, 5) is 4.20. The van der Waals surface area contributed by atoms with Crippen LogP contribution in [0, 0.1) is 6.92 Å². The number of ether oxygens (including phenoxy) is 1. The van der Waals surface area contributed by atoms with Crippen LogP contribution in [0.3, 0.4) is 0 Å². The van der Waals surface area contributed by atoms with Crippen molar-refractivity contribution in [1.29, 1.82) is 0 Å². The van der Waals surface area contributed by atoms with Crippen molar-refractivity contribution in [2.75, 3.05) is 6.54 Å². The number of hydrogen-bond donors (Lipinski definition) is 1. The third kappa shape index (κ3) is 4.55. The first-order valence-corrected chi connectivity index (χ1v) is 7.95. The first-order valence-electron chi connectivity index (χ1n) is 7.16. The lowest BCUT2D eigenvalue weighted by Crippen LogP contribution is -2.18. The second-order valence-corrected chi connectivity index (χ2v) is 6.04. The van der Waals surface area contributed by atoms with Crippen LogP contribution in [0.25, 0.3) is 0 Å². The summed E-state index contributed by atoms with van der Waals surface area (Å²) in [6.45, 7) is 7.74. The fraction of sp³-hybridized carbons (Fsp3) is 0.353. The molecule has 21 heavy (non-hydrogen) atoms. The predicted octanol–water partition coefficient (Wildman–Crippen LogP) is 4.40. The van der Waals surface area contributed by atoms with Crippen molar-refractivity contribution >= 4 is 15.9 Å². The molecule has 1 aromatic carbocycles. The molecule has 0 aliphatic carbocycles. The maximum atomic E-state index is 6.00. The van der Waals surface area contributed by atoms with Gasteiger partial charge in [-0.1, -0.05) is 22.9 Å². The van der Waals surface area contributed by atoms with Gasteiger partial charge in [0.2, 0.25) is 0 Å². The van der Waals surface area contributed by atoms with Crippen LogP contribution in [0.1, 0.15) is 36.6 Å². The molecule has 2 rings (SSSR count). The molecule has 2 aromatic rings. The molecular weight excluding hydrogens is 328 g/mol. The van der Waals surface area contributed by atoms with Crippen molar-refractivity contribution in [3.63, 3.8) is 0 Å². The normalized spacial score (nSPS) is 12.2. The first-order chi connectivity index (χ1) is 10.1. The molecule has 4 heteroatoms. The number of benzene rings is 1. The van der Waals surface area contributed by atoms with E-state index in [9.17, 15) is 0 Å². The van der Waals surface area contributed by atoms with Gasteiger partial charge in [-0.15, -0.1) is 0 Å². The van der Waals surface area contributed by atoms with Crippen molar-refractivity contribution in [1.82, 2.24) is 10.3 Å². The average Bonchev–Trinajstić information content (AvgIpc) is 2.46. The summed E-state index contributed by atoms with van der Waals surface area (Å²) in [6.07, 6.45) is 3.70. The van der Waals surface area contributed by atoms with Crippen LogP contribution in [0.5, 0.6) is 5.75 Å². The van der Waals surface area contributed by atoms with E-state index in [1.807, 2.05) is 31.5 Å². The van der Waals surface area contributed by atoms with Gasteiger partial charge in [-0.25, -0.2) is 0 Å². The van der Waals surface area contributed by atoms with Crippen molar-refractivity contribution in [3.8, 4) is 5.75 Å². The number of nitrogens with zero attached hydrogens (tertiary/aromatic N) is 1. The van der Waals surface area contributed by atoms with Gasteiger partial charge in [0.05, 0.1) is 0 Å². The monoisotopic (exact) mass is 348 g/mol. The summed E-state index contributed by atoms with van der Waals surface area (Å²) in [5, 5.41) is 3.42. The molecule has 1 heterocycles. The summed E-state index contributed by atoms with van der Waals surface area (Å²) in [5.74, 6) is 0.910. The van der Waals surface area contributed by atoms with E-state index in [4.69, 9.17) is 4.74 Å². The van der Waals surface area contributed by atoms with Gasteiger partial charge in [-0.2, -0.15) is 0 Å². The lowest BCUT2D eigenvalue weighted by molar-refractivity contribution is 0.299. The van der Waals surface area contributed by atoms with E-state index in [0.29, 0.717) is 6.61 Å². The molecule has 0 bridgehead atoms. The molecule has 0 saturated carbocycles. The highest BCUT2D eigenvalue weighted by Gasteiger charge is 2.11. The van der Waals surface area contributed by atoms with Crippen LogP contribution >= 0.6 is 15.9 Å². The Kier molecular flexibility index (Phi) is 5.76. The van der Waals surface area contributed by atoms with Gasteiger partial charge >= 0.3 is 0 Å². The van der Waals surface area contributed by atoms with Crippen LogP contribution < -0.4 is 10.1 Å². The molecule has 0 saturated heterocycles. The highest BCUT2D eigenvalue weighted by molar-refractivity contribution is 9.10. The Balaban J connectivity index is 2.15. The summed E-state index contributed by atoms with van der Waals surface area (Å²) in [6, 6.07) is 8.47. The summed E-state index contributed by atoms with van der Waals surface area (Å²) >= 11 is 3.53. The van der Waals surface area contributed by atoms with Gasteiger partial charge in [0.15, 0.2) is 0 Å². The van der Waals surface area contributed by atoms with E-state index in [2.05, 4.69) is 52.2 Å². The number of rotatable bonds is 6. The van der Waals surface area contributed by atoms with Crippen LogP contribution in [-0.4, -0.2) is 11.5 Å². The molecule has 0 radical (unpaired) electrons. The maximum Gasteiger partial charge on any atom is 0.124 e. The molecule has 0 amide bonds. The minimum atomic E-state index is 0.248. The predicted molar refractivity (Wildman–Crippen MR) is 89.5 cm³/mol. The molecule has 1 unspecified atom stereocenters. The smallest absolute Gasteiger partial charge is 0.124 e. The van der Waals surface area contributed by atoms with Gasteiger partial charge in [-0.3, -0.25) is 4.98 Å². The zero-order chi connectivity index (χ0) is 15.2. The Labute approximate surface area is 134 Å². The van der Waals surface area contributed by atoms with Crippen molar-refractivity contribution < 1.29 is 4.74 Å². The quantitative estimate of drug-likeness (QED) is 0.839. The third-order valence-electron chi connectivity index (χ3n) is 3.27. The highest BCUT2D eigenvalue weighted by Crippen LogP contribution is 2.29. The molecular formula is C17H21BrN2O. The molecule has 1 aromatic heterocycles. The Bertz CT molecular complexity index is 601. The SMILES string of the molecule is CCNC(C)c1cc(Br)ccc1OCc1cncc(C)c1. The number of pyridine rings is 1. The van der Waals surface area contributed by atoms with Crippen LogP contribution in [0.2, 0.25) is 0 Å². The van der Waals surface area contributed by atoms with Gasteiger partial charge in [0.25, 0.3) is 0 Å². The first kappa shape index (κ1) is 16.0. The molecule has 112 valence electrons. The number of hydrogen-bond acceptors (Lipinski definition) is 3. The molecule has 1 atom stereocenters. The van der Waals surface area contributed by atoms with Gasteiger partial charge in [-0.05, 0) is 50.2 Å². The minimum Gasteiger partial charge on any atom is -0.489 e. The van der Waals surface area contributed by atoms with Crippen LogP contribution in [-0.2, 0) is 6.61 Å². The second kappa shape index (κ2) is 7.57. The lowest BCUT2D eigenvalue weighted by atomic mass is 10.1. The van der Waals surface area contributed by atoms with E-state index < -0.39 is 0 Å². The Morgan fingerprint density at radius 2 is 2.10 bits per heavy atom. The maximum absolute atomic E-state index is 6.00. The number of nitrogens with one attached hydrogen (secondary N) is 1. The van der Waals surface area contributed by atoms with Crippen molar-refractivity contribution in [3.05, 3.63) is 57.8 Å². The van der Waals surface area contributed by atoms with Crippen LogP contribution in [0.4, 0.5) is 0 Å². The average molecular weight is 349 g/mol. The van der Waals surface area contributed by atoms with Gasteiger partial charge in [0, 0.05) is 34.0 Å². The fourth-order valence-corrected chi connectivity index (χ4v) is 2.64. The van der Waals surface area contributed by atoms with E-state index in [-0.39, 0.29) is 6.04 Å². The van der Waals surface area contributed by atoms with Gasteiger partial charge < -0.3 is 10.1 Å². The zero-order valence-corrected chi connectivity index (χ0v) is 14.3. The molecule has 0 aliphatic rings. The summed E-state index contributed by atoms with van der Waals surface area (Å²) in [7, 11) is 0. The van der Waals surface area contributed by atoms with E-state index in [0.717, 1.165) is 33.5 Å². The van der Waals surface area contributed by atoms with Crippen LogP contribution in [0.15, 0.2) is 41.1 Å². The highest BCUT2D eigenvalue weighted by atomic mass is 79.9. The third-order valence-corrected chi connectivity index (χ3v) is 3.77. The Hall–Kier alpha value is -1.39. The van der Waals surface area contributed by atoms with Crippen molar-refractivity contribution in [2.24, 2.45) is 0 Å². The minimum absolute atomic E-state index is 0.248. The fourth-order valence-electron chi connectivity index (χ4n) is 2.26. The molecule has 1 N–H and O–H groups in total. The number of aromatic nitrogens is 1. The second-order valence-electron chi connectivity index (χ2n) is 5.12.